The average Bonchev–Trinajstić information content (AvgIpc) is 3.21. The summed E-state index contributed by atoms with van der Waals surface area (Å²) < 4.78 is 0. The predicted molar refractivity (Wildman–Crippen MR) is 109 cm³/mol. The van der Waals surface area contributed by atoms with Crippen LogP contribution in [0.15, 0.2) is 54.6 Å². The van der Waals surface area contributed by atoms with E-state index >= 15 is 0 Å². The second-order valence-corrected chi connectivity index (χ2v) is 7.71. The number of carbonyl (C=O) groups is 3. The minimum atomic E-state index is -0.800. The highest BCUT2D eigenvalue weighted by molar-refractivity contribution is 6.24. The van der Waals surface area contributed by atoms with Crippen molar-refractivity contribution in [3.05, 3.63) is 70.3 Å². The number of amides is 2. The van der Waals surface area contributed by atoms with E-state index in [1.54, 1.807) is 0 Å². The van der Waals surface area contributed by atoms with Crippen LogP contribution in [-0.2, 0) is 14.4 Å². The maximum Gasteiger partial charge on any atom is 0.269 e. The Morgan fingerprint density at radius 3 is 2.33 bits per heavy atom. The maximum absolute atomic E-state index is 13.4. The lowest BCUT2D eigenvalue weighted by Gasteiger charge is -2.36. The SMILES string of the molecule is CC(=O)[C@@H]1[C@@H]2C(=O)N(c3ccc([N+](=O)[O-])cc3)C(=O)[C@H]2[C@H]2C=Cc3ccccc3N21. The zero-order valence-electron chi connectivity index (χ0n) is 16.0. The van der Waals surface area contributed by atoms with Crippen molar-refractivity contribution in [3.8, 4) is 0 Å². The molecule has 0 radical (unpaired) electrons. The first-order valence-corrected chi connectivity index (χ1v) is 9.58. The van der Waals surface area contributed by atoms with Gasteiger partial charge >= 0.3 is 0 Å². The second kappa shape index (κ2) is 6.35. The number of Topliss-reactive ketones (excluding diaryl/α,β-unsaturated/α-hetero) is 1. The van der Waals surface area contributed by atoms with Gasteiger partial charge in [-0.1, -0.05) is 30.4 Å². The number of para-hydroxylation sites is 1. The zero-order valence-corrected chi connectivity index (χ0v) is 16.0. The van der Waals surface area contributed by atoms with Crippen LogP contribution in [0.4, 0.5) is 17.1 Å². The molecule has 0 unspecified atom stereocenters. The Morgan fingerprint density at radius 1 is 1.00 bits per heavy atom. The summed E-state index contributed by atoms with van der Waals surface area (Å²) in [5.74, 6) is -2.50. The molecule has 5 rings (SSSR count). The Bertz CT molecular complexity index is 1140. The summed E-state index contributed by atoms with van der Waals surface area (Å²) in [6.45, 7) is 1.44. The lowest BCUT2D eigenvalue weighted by molar-refractivity contribution is -0.384. The van der Waals surface area contributed by atoms with E-state index < -0.39 is 34.7 Å². The number of fused-ring (bicyclic) bond motifs is 5. The topological polar surface area (TPSA) is 101 Å². The van der Waals surface area contributed by atoms with Gasteiger partial charge in [-0.05, 0) is 30.7 Å². The van der Waals surface area contributed by atoms with Crippen LogP contribution in [0.5, 0.6) is 0 Å². The number of imide groups is 1. The van der Waals surface area contributed by atoms with Crippen LogP contribution < -0.4 is 9.80 Å². The zero-order chi connectivity index (χ0) is 21.2. The van der Waals surface area contributed by atoms with E-state index in [4.69, 9.17) is 0 Å². The number of anilines is 2. The van der Waals surface area contributed by atoms with Crippen molar-refractivity contribution in [2.75, 3.05) is 9.80 Å². The molecular weight excluding hydrogens is 386 g/mol. The highest BCUT2D eigenvalue weighted by Crippen LogP contribution is 2.49. The van der Waals surface area contributed by atoms with Gasteiger partial charge in [0.15, 0.2) is 5.78 Å². The first kappa shape index (κ1) is 18.2. The number of non-ortho nitro benzene ring substituents is 1. The number of nitro groups is 1. The number of benzene rings is 2. The second-order valence-electron chi connectivity index (χ2n) is 7.71. The van der Waals surface area contributed by atoms with Crippen molar-refractivity contribution in [1.29, 1.82) is 0 Å². The van der Waals surface area contributed by atoms with Crippen LogP contribution in [0, 0.1) is 22.0 Å². The minimum Gasteiger partial charge on any atom is -0.353 e. The third-order valence-electron chi connectivity index (χ3n) is 6.15. The van der Waals surface area contributed by atoms with E-state index in [2.05, 4.69) is 0 Å². The van der Waals surface area contributed by atoms with Crippen LogP contribution in [0.2, 0.25) is 0 Å². The molecule has 8 nitrogen and oxygen atoms in total. The molecular formula is C22H17N3O5. The Labute approximate surface area is 171 Å². The first-order valence-electron chi connectivity index (χ1n) is 9.58. The largest absolute Gasteiger partial charge is 0.353 e. The molecule has 2 amide bonds. The molecule has 8 heteroatoms. The van der Waals surface area contributed by atoms with E-state index in [0.29, 0.717) is 0 Å². The molecule has 2 aromatic carbocycles. The van der Waals surface area contributed by atoms with Gasteiger partial charge in [0, 0.05) is 17.8 Å². The predicted octanol–water partition coefficient (Wildman–Crippen LogP) is 2.57. The molecule has 3 aliphatic heterocycles. The first-order chi connectivity index (χ1) is 14.4. The van der Waals surface area contributed by atoms with E-state index in [9.17, 15) is 24.5 Å². The van der Waals surface area contributed by atoms with Gasteiger partial charge in [0.2, 0.25) is 11.8 Å². The van der Waals surface area contributed by atoms with Gasteiger partial charge in [-0.15, -0.1) is 0 Å². The van der Waals surface area contributed by atoms with Crippen molar-refractivity contribution < 1.29 is 19.3 Å². The van der Waals surface area contributed by atoms with Gasteiger partial charge < -0.3 is 4.90 Å². The third kappa shape index (κ3) is 2.36. The molecule has 2 aromatic rings. The highest BCUT2D eigenvalue weighted by atomic mass is 16.6. The molecule has 30 heavy (non-hydrogen) atoms. The molecule has 2 fully saturated rings. The molecule has 0 aromatic heterocycles. The standard InChI is InChI=1S/C22H17N3O5/c1-12(26)20-19-18(17-11-6-13-4-2-3-5-16(13)24(17)20)21(27)23(22(19)28)14-7-9-15(10-8-14)25(29)30/h2-11,17-20H,1H3/t17-,18+,19-,20-/m1/s1. The summed E-state index contributed by atoms with van der Waals surface area (Å²) in [5.41, 5.74) is 1.92. The Kier molecular flexibility index (Phi) is 3.86. The highest BCUT2D eigenvalue weighted by Gasteiger charge is 2.63. The van der Waals surface area contributed by atoms with Crippen LogP contribution in [0.3, 0.4) is 0 Å². The molecule has 4 atom stereocenters. The van der Waals surface area contributed by atoms with Gasteiger partial charge in [0.05, 0.1) is 28.5 Å². The summed E-state index contributed by atoms with van der Waals surface area (Å²) in [5, 5.41) is 10.9. The molecule has 0 bridgehead atoms. The molecule has 150 valence electrons. The normalized spacial score (nSPS) is 26.4. The number of carbonyl (C=O) groups excluding carboxylic acids is 3. The number of hydrogen-bond acceptors (Lipinski definition) is 6. The third-order valence-corrected chi connectivity index (χ3v) is 6.15. The van der Waals surface area contributed by atoms with Crippen LogP contribution in [0.1, 0.15) is 12.5 Å². The lowest BCUT2D eigenvalue weighted by Crippen LogP contribution is -2.48. The van der Waals surface area contributed by atoms with E-state index in [0.717, 1.165) is 16.2 Å². The van der Waals surface area contributed by atoms with Gasteiger partial charge in [-0.25, -0.2) is 4.90 Å². The molecule has 2 saturated heterocycles. The van der Waals surface area contributed by atoms with E-state index in [1.165, 1.54) is 31.2 Å². The fraction of sp³-hybridized carbons (Fsp3) is 0.227. The summed E-state index contributed by atoms with van der Waals surface area (Å²) >= 11 is 0. The molecule has 3 heterocycles. The van der Waals surface area contributed by atoms with Crippen molar-refractivity contribution in [2.45, 2.75) is 19.0 Å². The minimum absolute atomic E-state index is 0.127. The number of ketones is 1. The maximum atomic E-state index is 13.4. The van der Waals surface area contributed by atoms with Crippen LogP contribution in [-0.4, -0.2) is 34.6 Å². The Balaban J connectivity index is 1.58. The van der Waals surface area contributed by atoms with E-state index in [1.807, 2.05) is 41.3 Å². The van der Waals surface area contributed by atoms with E-state index in [-0.39, 0.29) is 23.1 Å². The van der Waals surface area contributed by atoms with Gasteiger partial charge in [0.25, 0.3) is 5.69 Å². The molecule has 0 saturated carbocycles. The molecule has 0 N–H and O–H groups in total. The van der Waals surface area contributed by atoms with Crippen molar-refractivity contribution in [3.63, 3.8) is 0 Å². The Morgan fingerprint density at radius 2 is 1.67 bits per heavy atom. The lowest BCUT2D eigenvalue weighted by atomic mass is 9.88. The average molecular weight is 403 g/mol. The number of hydrogen-bond donors (Lipinski definition) is 0. The van der Waals surface area contributed by atoms with Gasteiger partial charge in [0.1, 0.15) is 6.04 Å². The Hall–Kier alpha value is -3.81. The van der Waals surface area contributed by atoms with Crippen molar-refractivity contribution in [2.24, 2.45) is 11.8 Å². The summed E-state index contributed by atoms with van der Waals surface area (Å²) in [4.78, 5) is 52.7. The number of nitrogens with zero attached hydrogens (tertiary/aromatic N) is 3. The van der Waals surface area contributed by atoms with Crippen LogP contribution >= 0.6 is 0 Å². The summed E-state index contributed by atoms with van der Waals surface area (Å²) in [7, 11) is 0. The molecule has 3 aliphatic rings. The smallest absolute Gasteiger partial charge is 0.269 e. The number of rotatable bonds is 3. The van der Waals surface area contributed by atoms with Crippen molar-refractivity contribution in [1.82, 2.24) is 0 Å². The number of nitro benzene ring substituents is 1. The van der Waals surface area contributed by atoms with Gasteiger partial charge in [-0.2, -0.15) is 0 Å². The molecule has 0 aliphatic carbocycles. The van der Waals surface area contributed by atoms with Crippen LogP contribution in [0.25, 0.3) is 6.08 Å². The van der Waals surface area contributed by atoms with Crippen molar-refractivity contribution >= 4 is 40.7 Å². The molecule has 0 spiro atoms. The fourth-order valence-electron chi connectivity index (χ4n) is 4.95. The quantitative estimate of drug-likeness (QED) is 0.444. The van der Waals surface area contributed by atoms with Gasteiger partial charge in [-0.3, -0.25) is 24.5 Å². The summed E-state index contributed by atoms with van der Waals surface area (Å²) in [6.07, 6.45) is 3.80. The fourth-order valence-corrected chi connectivity index (χ4v) is 4.95. The monoisotopic (exact) mass is 403 g/mol. The summed E-state index contributed by atoms with van der Waals surface area (Å²) in [6, 6.07) is 11.7.